The lowest BCUT2D eigenvalue weighted by Gasteiger charge is -2.24. The van der Waals surface area contributed by atoms with Crippen LogP contribution in [-0.2, 0) is 9.47 Å². The molecule has 4 aromatic carbocycles. The van der Waals surface area contributed by atoms with Gasteiger partial charge in [0.2, 0.25) is 0 Å². The Bertz CT molecular complexity index is 1960. The molecule has 52 heavy (non-hydrogen) atoms. The molecule has 0 saturated heterocycles. The molecule has 0 fully saturated rings. The Kier molecular flexibility index (Phi) is 12.1. The van der Waals surface area contributed by atoms with Gasteiger partial charge in [0, 0.05) is 22.9 Å². The smallest absolute Gasteiger partial charge is 0.139 e. The zero-order valence-corrected chi connectivity index (χ0v) is 30.2. The van der Waals surface area contributed by atoms with Crippen LogP contribution < -0.4 is 18.9 Å². The van der Waals surface area contributed by atoms with E-state index in [0.29, 0.717) is 47.2 Å². The van der Waals surface area contributed by atoms with E-state index in [-0.39, 0.29) is 19.8 Å². The Balaban J connectivity index is 1.16. The number of hydrogen-bond donors (Lipinski definition) is 1. The largest absolute Gasteiger partial charge is 0.502 e. The van der Waals surface area contributed by atoms with Crippen molar-refractivity contribution in [3.8, 4) is 45.6 Å². The number of aliphatic hydroxyl groups excluding tert-OH is 1. The number of benzene rings is 4. The predicted molar refractivity (Wildman–Crippen MR) is 203 cm³/mol. The lowest BCUT2D eigenvalue weighted by Crippen LogP contribution is -2.34. The van der Waals surface area contributed by atoms with Crippen LogP contribution in [0, 0.1) is 13.8 Å². The van der Waals surface area contributed by atoms with Gasteiger partial charge in [-0.25, -0.2) is 0 Å². The van der Waals surface area contributed by atoms with Crippen LogP contribution >= 0.6 is 0 Å². The van der Waals surface area contributed by atoms with Crippen molar-refractivity contribution in [3.63, 3.8) is 0 Å². The summed E-state index contributed by atoms with van der Waals surface area (Å²) >= 11 is 0. The van der Waals surface area contributed by atoms with Crippen LogP contribution in [0.3, 0.4) is 0 Å². The molecule has 1 unspecified atom stereocenters. The lowest BCUT2D eigenvalue weighted by molar-refractivity contribution is -0.0752. The van der Waals surface area contributed by atoms with E-state index >= 15 is 0 Å². The molecule has 2 aromatic heterocycles. The minimum atomic E-state index is -0.499. The highest BCUT2D eigenvalue weighted by molar-refractivity contribution is 5.86. The number of unbranched alkanes of at least 4 members (excludes halogenated alkanes) is 1. The van der Waals surface area contributed by atoms with E-state index in [1.165, 1.54) is 6.26 Å². The fraction of sp³-hybridized carbons (Fsp3) is 0.302. The van der Waals surface area contributed by atoms with E-state index in [2.05, 4.69) is 6.58 Å². The number of fused-ring (bicyclic) bond motifs is 2. The third-order valence-electron chi connectivity index (χ3n) is 8.84. The van der Waals surface area contributed by atoms with Crippen LogP contribution in [0.5, 0.6) is 23.0 Å². The van der Waals surface area contributed by atoms with Gasteiger partial charge >= 0.3 is 0 Å². The molecule has 6 aromatic rings. The first kappa shape index (κ1) is 36.4. The molecule has 0 spiro atoms. The number of methoxy groups -OCH3 is 2. The molecular formula is C43H46O9. The molecular weight excluding hydrogens is 660 g/mol. The highest BCUT2D eigenvalue weighted by Gasteiger charge is 2.20. The average molecular weight is 707 g/mol. The quantitative estimate of drug-likeness (QED) is 0.0652. The van der Waals surface area contributed by atoms with Gasteiger partial charge in [-0.1, -0.05) is 18.7 Å². The first-order valence-corrected chi connectivity index (χ1v) is 17.5. The van der Waals surface area contributed by atoms with E-state index in [9.17, 15) is 5.11 Å². The number of rotatable bonds is 19. The van der Waals surface area contributed by atoms with Crippen molar-refractivity contribution in [2.24, 2.45) is 0 Å². The van der Waals surface area contributed by atoms with Gasteiger partial charge in [-0.15, -0.1) is 0 Å². The van der Waals surface area contributed by atoms with Crippen LogP contribution in [-0.4, -0.2) is 58.0 Å². The van der Waals surface area contributed by atoms with E-state index in [4.69, 9.17) is 37.3 Å². The number of aliphatic hydroxyl groups is 1. The highest BCUT2D eigenvalue weighted by Crippen LogP contribution is 2.37. The van der Waals surface area contributed by atoms with Crippen LogP contribution in [0.1, 0.15) is 30.4 Å². The second-order valence-corrected chi connectivity index (χ2v) is 12.7. The van der Waals surface area contributed by atoms with Gasteiger partial charge in [0.15, 0.2) is 0 Å². The van der Waals surface area contributed by atoms with Gasteiger partial charge in [-0.2, -0.15) is 0 Å². The van der Waals surface area contributed by atoms with Crippen LogP contribution in [0.25, 0.3) is 44.6 Å². The topological polar surface area (TPSA) is 102 Å². The Hall–Kier alpha value is -5.38. The third kappa shape index (κ3) is 8.91. The maximum Gasteiger partial charge on any atom is 0.139 e. The summed E-state index contributed by atoms with van der Waals surface area (Å²) in [6, 6.07) is 27.5. The van der Waals surface area contributed by atoms with E-state index in [1.807, 2.05) is 98.8 Å². The molecule has 272 valence electrons. The van der Waals surface area contributed by atoms with Crippen molar-refractivity contribution in [1.82, 2.24) is 0 Å². The van der Waals surface area contributed by atoms with Gasteiger partial charge < -0.3 is 42.4 Å². The molecule has 0 amide bonds. The Labute approximate surface area is 304 Å². The van der Waals surface area contributed by atoms with Gasteiger partial charge in [0.05, 0.1) is 50.9 Å². The SMILES string of the molecule is C=COCCCCC(CO)OC(COc1ccc2cc(-c3ccc(C)cc3OC)oc2c1)COc1ccc2cc(-c3ccc(C)cc3OC)oc2c1. The summed E-state index contributed by atoms with van der Waals surface area (Å²) < 4.78 is 47.9. The Morgan fingerprint density at radius 3 is 1.69 bits per heavy atom. The van der Waals surface area contributed by atoms with Crippen LogP contribution in [0.15, 0.2) is 107 Å². The summed E-state index contributed by atoms with van der Waals surface area (Å²) in [6.45, 7) is 8.43. The molecule has 0 radical (unpaired) electrons. The molecule has 0 bridgehead atoms. The number of hydrogen-bond acceptors (Lipinski definition) is 9. The lowest BCUT2D eigenvalue weighted by atomic mass is 10.1. The molecule has 6 rings (SSSR count). The minimum absolute atomic E-state index is 0.133. The maximum absolute atomic E-state index is 10.2. The molecule has 0 aliphatic heterocycles. The number of ether oxygens (including phenoxy) is 6. The number of aryl methyl sites for hydroxylation is 2. The molecule has 9 nitrogen and oxygen atoms in total. The molecule has 1 atom stereocenters. The fourth-order valence-electron chi connectivity index (χ4n) is 6.09. The van der Waals surface area contributed by atoms with Crippen LogP contribution in [0.2, 0.25) is 0 Å². The minimum Gasteiger partial charge on any atom is -0.502 e. The van der Waals surface area contributed by atoms with Crippen molar-refractivity contribution >= 4 is 21.9 Å². The number of furan rings is 2. The summed E-state index contributed by atoms with van der Waals surface area (Å²) in [6.07, 6.45) is 2.83. The molecule has 9 heteroatoms. The predicted octanol–water partition coefficient (Wildman–Crippen LogP) is 9.68. The van der Waals surface area contributed by atoms with Crippen LogP contribution in [0.4, 0.5) is 0 Å². The van der Waals surface area contributed by atoms with Crippen molar-refractivity contribution in [2.75, 3.05) is 40.6 Å². The van der Waals surface area contributed by atoms with Gasteiger partial charge in [0.25, 0.3) is 0 Å². The van der Waals surface area contributed by atoms with Crippen molar-refractivity contribution < 1.29 is 42.4 Å². The molecule has 1 N–H and O–H groups in total. The summed E-state index contributed by atoms with van der Waals surface area (Å²) in [5, 5.41) is 12.1. The van der Waals surface area contributed by atoms with Crippen molar-refractivity contribution in [1.29, 1.82) is 0 Å². The normalized spacial score (nSPS) is 12.0. The second-order valence-electron chi connectivity index (χ2n) is 12.7. The standard InChI is InChI=1S/C43H46O9/c1-6-47-18-8-7-9-34(25-44)50-35(26-48-32-14-12-30-21-42(51-38(30)23-32)36-16-10-28(2)19-40(36)45-4)27-49-33-15-13-31-22-43(52-39(31)24-33)37-17-11-29(3)20-41(37)46-5/h6,10-17,19-24,34-35,44H,1,7-9,18,25-27H2,2-5H3. The molecule has 0 aliphatic carbocycles. The first-order chi connectivity index (χ1) is 25.4. The second kappa shape index (κ2) is 17.2. The van der Waals surface area contributed by atoms with E-state index in [1.54, 1.807) is 14.2 Å². The van der Waals surface area contributed by atoms with Gasteiger partial charge in [-0.3, -0.25) is 0 Å². The van der Waals surface area contributed by atoms with Crippen molar-refractivity contribution in [3.05, 3.63) is 109 Å². The van der Waals surface area contributed by atoms with Gasteiger partial charge in [0.1, 0.15) is 65.0 Å². The summed E-state index contributed by atoms with van der Waals surface area (Å²) in [4.78, 5) is 0. The first-order valence-electron chi connectivity index (χ1n) is 17.5. The Morgan fingerprint density at radius 1 is 0.673 bits per heavy atom. The molecule has 2 heterocycles. The van der Waals surface area contributed by atoms with Crippen molar-refractivity contribution in [2.45, 2.75) is 45.3 Å². The summed E-state index contributed by atoms with van der Waals surface area (Å²) in [5.74, 6) is 4.16. The molecule has 0 saturated carbocycles. The third-order valence-corrected chi connectivity index (χ3v) is 8.84. The van der Waals surface area contributed by atoms with E-state index < -0.39 is 12.2 Å². The fourth-order valence-corrected chi connectivity index (χ4v) is 6.09. The Morgan fingerprint density at radius 2 is 1.21 bits per heavy atom. The summed E-state index contributed by atoms with van der Waals surface area (Å²) in [5.41, 5.74) is 5.34. The monoisotopic (exact) mass is 706 g/mol. The van der Waals surface area contributed by atoms with E-state index in [0.717, 1.165) is 57.4 Å². The highest BCUT2D eigenvalue weighted by atomic mass is 16.6. The molecule has 0 aliphatic rings. The zero-order chi connectivity index (χ0) is 36.5. The van der Waals surface area contributed by atoms with Gasteiger partial charge in [-0.05, 0) is 105 Å². The summed E-state index contributed by atoms with van der Waals surface area (Å²) in [7, 11) is 3.31. The maximum atomic E-state index is 10.2. The average Bonchev–Trinajstić information content (AvgIpc) is 3.78. The zero-order valence-electron chi connectivity index (χ0n) is 30.2.